The molecule has 0 aromatic heterocycles. The van der Waals surface area contributed by atoms with Crippen LogP contribution in [0.1, 0.15) is 24.5 Å². The van der Waals surface area contributed by atoms with E-state index in [0.29, 0.717) is 5.57 Å². The summed E-state index contributed by atoms with van der Waals surface area (Å²) >= 11 is 0. The van der Waals surface area contributed by atoms with Gasteiger partial charge in [0.05, 0.1) is 0 Å². The zero-order valence-electron chi connectivity index (χ0n) is 8.79. The third-order valence-corrected chi connectivity index (χ3v) is 3.07. The van der Waals surface area contributed by atoms with Gasteiger partial charge >= 0.3 is 5.97 Å². The van der Waals surface area contributed by atoms with Crippen molar-refractivity contribution >= 4 is 5.97 Å². The maximum atomic E-state index is 10.9. The van der Waals surface area contributed by atoms with Gasteiger partial charge < -0.3 is 5.11 Å². The molecular formula is C13H14O2. The fourth-order valence-electron chi connectivity index (χ4n) is 2.05. The second kappa shape index (κ2) is 3.89. The summed E-state index contributed by atoms with van der Waals surface area (Å²) < 4.78 is 0. The van der Waals surface area contributed by atoms with E-state index in [4.69, 9.17) is 5.11 Å². The molecule has 0 amide bonds. The van der Waals surface area contributed by atoms with Crippen LogP contribution < -0.4 is 0 Å². The van der Waals surface area contributed by atoms with Crippen molar-refractivity contribution in [2.75, 3.05) is 0 Å². The fraction of sp³-hybridized carbons (Fsp3) is 0.308. The molecule has 78 valence electrons. The van der Waals surface area contributed by atoms with E-state index in [-0.39, 0.29) is 0 Å². The van der Waals surface area contributed by atoms with Crippen LogP contribution in [-0.4, -0.2) is 11.1 Å². The molecule has 0 atom stereocenters. The van der Waals surface area contributed by atoms with E-state index in [1.807, 2.05) is 12.1 Å². The Morgan fingerprint density at radius 2 is 1.87 bits per heavy atom. The van der Waals surface area contributed by atoms with Gasteiger partial charge in [-0.25, -0.2) is 4.79 Å². The first-order chi connectivity index (χ1) is 7.18. The molecule has 1 aliphatic carbocycles. The lowest BCUT2D eigenvalue weighted by Crippen LogP contribution is -2.10. The zero-order valence-corrected chi connectivity index (χ0v) is 8.79. The van der Waals surface area contributed by atoms with E-state index in [2.05, 4.69) is 12.1 Å². The quantitative estimate of drug-likeness (QED) is 0.711. The van der Waals surface area contributed by atoms with Crippen LogP contribution in [0.4, 0.5) is 0 Å². The molecule has 1 aliphatic rings. The molecule has 1 aromatic rings. The molecule has 1 aromatic carbocycles. The third-order valence-electron chi connectivity index (χ3n) is 3.07. The van der Waals surface area contributed by atoms with Gasteiger partial charge in [0.25, 0.3) is 0 Å². The second-order valence-electron chi connectivity index (χ2n) is 3.98. The van der Waals surface area contributed by atoms with E-state index < -0.39 is 5.97 Å². The number of fused-ring (bicyclic) bond motifs is 1. The lowest BCUT2D eigenvalue weighted by molar-refractivity contribution is -0.132. The molecule has 15 heavy (non-hydrogen) atoms. The van der Waals surface area contributed by atoms with Crippen molar-refractivity contribution in [1.29, 1.82) is 0 Å². The maximum absolute atomic E-state index is 10.9. The van der Waals surface area contributed by atoms with Crippen LogP contribution in [0.15, 0.2) is 35.4 Å². The minimum atomic E-state index is -0.788. The lowest BCUT2D eigenvalue weighted by Gasteiger charge is -2.19. The lowest BCUT2D eigenvalue weighted by atomic mass is 9.86. The number of aryl methyl sites for hydroxylation is 1. The van der Waals surface area contributed by atoms with Gasteiger partial charge in [-0.1, -0.05) is 29.8 Å². The van der Waals surface area contributed by atoms with Gasteiger partial charge in [-0.2, -0.15) is 0 Å². The van der Waals surface area contributed by atoms with Crippen molar-refractivity contribution in [1.82, 2.24) is 0 Å². The first-order valence-corrected chi connectivity index (χ1v) is 5.17. The molecule has 0 spiro atoms. The number of benzene rings is 1. The van der Waals surface area contributed by atoms with E-state index >= 15 is 0 Å². The largest absolute Gasteiger partial charge is 0.478 e. The standard InChI is InChI=1S/C13H14O2/c1-9(13(14)15)11-7-6-10-4-2-3-5-12(10)8-11/h2-5H,6-8H2,1H3,(H,14,15)/b11-9+. The number of hydrogen-bond donors (Lipinski definition) is 1. The number of allylic oxidation sites excluding steroid dienone is 1. The molecule has 0 fully saturated rings. The molecule has 0 radical (unpaired) electrons. The van der Waals surface area contributed by atoms with Crippen LogP contribution >= 0.6 is 0 Å². The van der Waals surface area contributed by atoms with E-state index in [0.717, 1.165) is 24.8 Å². The Morgan fingerprint density at radius 1 is 1.20 bits per heavy atom. The van der Waals surface area contributed by atoms with Crippen molar-refractivity contribution < 1.29 is 9.90 Å². The Balaban J connectivity index is 2.33. The summed E-state index contributed by atoms with van der Waals surface area (Å²) in [6.45, 7) is 1.70. The van der Waals surface area contributed by atoms with Crippen LogP contribution in [0, 0.1) is 0 Å². The van der Waals surface area contributed by atoms with Crippen LogP contribution in [0.5, 0.6) is 0 Å². The van der Waals surface area contributed by atoms with Gasteiger partial charge in [0.15, 0.2) is 0 Å². The average molecular weight is 202 g/mol. The Kier molecular flexibility index (Phi) is 2.58. The molecule has 0 saturated carbocycles. The van der Waals surface area contributed by atoms with Crippen molar-refractivity contribution in [3.63, 3.8) is 0 Å². The van der Waals surface area contributed by atoms with Crippen LogP contribution in [0.3, 0.4) is 0 Å². The zero-order chi connectivity index (χ0) is 10.8. The molecule has 1 N–H and O–H groups in total. The molecule has 2 rings (SSSR count). The summed E-state index contributed by atoms with van der Waals surface area (Å²) in [7, 11) is 0. The molecule has 2 nitrogen and oxygen atoms in total. The Morgan fingerprint density at radius 3 is 2.53 bits per heavy atom. The smallest absolute Gasteiger partial charge is 0.331 e. The number of carbonyl (C=O) groups is 1. The highest BCUT2D eigenvalue weighted by Crippen LogP contribution is 2.26. The number of carboxylic acid groups (broad SMARTS) is 1. The molecule has 0 bridgehead atoms. The molecular weight excluding hydrogens is 188 g/mol. The van der Waals surface area contributed by atoms with Crippen LogP contribution in [-0.2, 0) is 17.6 Å². The molecule has 0 aliphatic heterocycles. The van der Waals surface area contributed by atoms with Gasteiger partial charge in [0, 0.05) is 5.57 Å². The van der Waals surface area contributed by atoms with Gasteiger partial charge in [-0.15, -0.1) is 0 Å². The highest BCUT2D eigenvalue weighted by molar-refractivity contribution is 5.87. The summed E-state index contributed by atoms with van der Waals surface area (Å²) in [4.78, 5) is 10.9. The number of rotatable bonds is 1. The van der Waals surface area contributed by atoms with Crippen molar-refractivity contribution in [3.8, 4) is 0 Å². The highest BCUT2D eigenvalue weighted by atomic mass is 16.4. The first-order valence-electron chi connectivity index (χ1n) is 5.17. The number of carboxylic acids is 1. The van der Waals surface area contributed by atoms with Crippen molar-refractivity contribution in [3.05, 3.63) is 46.5 Å². The first kappa shape index (κ1) is 9.97. The summed E-state index contributed by atoms with van der Waals surface area (Å²) in [5, 5.41) is 8.92. The van der Waals surface area contributed by atoms with Gasteiger partial charge in [-0.05, 0) is 37.3 Å². The number of hydrogen-bond acceptors (Lipinski definition) is 1. The molecule has 0 saturated heterocycles. The summed E-state index contributed by atoms with van der Waals surface area (Å²) in [5.74, 6) is -0.788. The predicted molar refractivity (Wildman–Crippen MR) is 58.8 cm³/mol. The minimum Gasteiger partial charge on any atom is -0.478 e. The van der Waals surface area contributed by atoms with Crippen LogP contribution in [0.25, 0.3) is 0 Å². The molecule has 2 heteroatoms. The Bertz CT molecular complexity index is 430. The SMILES string of the molecule is C/C(C(=O)O)=C1/CCc2ccccc2C1. The summed E-state index contributed by atoms with van der Waals surface area (Å²) in [5.41, 5.74) is 4.23. The third kappa shape index (κ3) is 1.94. The number of aliphatic carboxylic acids is 1. The normalized spacial score (nSPS) is 18.2. The monoisotopic (exact) mass is 202 g/mol. The predicted octanol–water partition coefficient (Wildman–Crippen LogP) is 2.58. The van der Waals surface area contributed by atoms with Gasteiger partial charge in [0.1, 0.15) is 0 Å². The van der Waals surface area contributed by atoms with E-state index in [1.165, 1.54) is 11.1 Å². The summed E-state index contributed by atoms with van der Waals surface area (Å²) in [6.07, 6.45) is 2.65. The van der Waals surface area contributed by atoms with Crippen molar-refractivity contribution in [2.24, 2.45) is 0 Å². The van der Waals surface area contributed by atoms with Crippen LogP contribution in [0.2, 0.25) is 0 Å². The molecule has 0 heterocycles. The van der Waals surface area contributed by atoms with E-state index in [1.54, 1.807) is 6.92 Å². The summed E-state index contributed by atoms with van der Waals surface area (Å²) in [6, 6.07) is 8.27. The average Bonchev–Trinajstić information content (AvgIpc) is 2.27. The van der Waals surface area contributed by atoms with Gasteiger partial charge in [-0.3, -0.25) is 0 Å². The highest BCUT2D eigenvalue weighted by Gasteiger charge is 2.16. The Hall–Kier alpha value is -1.57. The maximum Gasteiger partial charge on any atom is 0.331 e. The molecule has 0 unspecified atom stereocenters. The van der Waals surface area contributed by atoms with Crippen molar-refractivity contribution in [2.45, 2.75) is 26.2 Å². The fourth-order valence-corrected chi connectivity index (χ4v) is 2.05. The Labute approximate surface area is 89.2 Å². The second-order valence-corrected chi connectivity index (χ2v) is 3.98. The van der Waals surface area contributed by atoms with E-state index in [9.17, 15) is 4.79 Å². The van der Waals surface area contributed by atoms with Gasteiger partial charge in [0.2, 0.25) is 0 Å². The minimum absolute atomic E-state index is 0.518. The topological polar surface area (TPSA) is 37.3 Å².